The van der Waals surface area contributed by atoms with Crippen LogP contribution in [0.25, 0.3) is 5.69 Å². The Bertz CT molecular complexity index is 644. The zero-order valence-corrected chi connectivity index (χ0v) is 12.4. The fraction of sp³-hybridized carbons (Fsp3) is 0.286. The number of imidazole rings is 1. The van der Waals surface area contributed by atoms with E-state index in [1.54, 1.807) is 24.5 Å². The topological polar surface area (TPSA) is 70.1 Å². The number of hydrogen-bond donors (Lipinski definition) is 1. The zero-order chi connectivity index (χ0) is 14.9. The van der Waals surface area contributed by atoms with E-state index in [1.807, 2.05) is 19.1 Å². The minimum absolute atomic E-state index is 0.115. The number of carbonyl (C=O) groups is 1. The van der Waals surface area contributed by atoms with Crippen molar-refractivity contribution in [3.05, 3.63) is 40.3 Å². The Hall–Kier alpha value is -2.01. The van der Waals surface area contributed by atoms with Crippen molar-refractivity contribution < 1.29 is 9.53 Å². The minimum Gasteiger partial charge on any atom is -0.461 e. The average Bonchev–Trinajstić information content (AvgIpc) is 2.67. The first-order valence-electron chi connectivity index (χ1n) is 6.24. The Balaban J connectivity index is 2.62. The van der Waals surface area contributed by atoms with Gasteiger partial charge in [-0.2, -0.15) is 0 Å². The molecule has 1 aromatic heterocycles. The van der Waals surface area contributed by atoms with Crippen LogP contribution in [0, 0.1) is 13.8 Å². The molecule has 6 heteroatoms. The lowest BCUT2D eigenvalue weighted by atomic mass is 10.2. The molecular weight excluding hydrogens is 278 g/mol. The van der Waals surface area contributed by atoms with Gasteiger partial charge in [-0.25, -0.2) is 9.78 Å². The van der Waals surface area contributed by atoms with Gasteiger partial charge in [0.05, 0.1) is 17.3 Å². The summed E-state index contributed by atoms with van der Waals surface area (Å²) >= 11 is 6.24. The Morgan fingerprint density at radius 1 is 1.45 bits per heavy atom. The number of halogens is 1. The first-order chi connectivity index (χ1) is 9.47. The Kier molecular flexibility index (Phi) is 3.99. The second-order valence-corrected chi connectivity index (χ2v) is 4.76. The van der Waals surface area contributed by atoms with Gasteiger partial charge in [-0.15, -0.1) is 0 Å². The molecule has 0 amide bonds. The van der Waals surface area contributed by atoms with Crippen molar-refractivity contribution in [3.8, 4) is 5.69 Å². The first-order valence-corrected chi connectivity index (χ1v) is 6.62. The van der Waals surface area contributed by atoms with Gasteiger partial charge in [0.15, 0.2) is 5.69 Å². The highest BCUT2D eigenvalue weighted by Gasteiger charge is 2.22. The van der Waals surface area contributed by atoms with Crippen molar-refractivity contribution in [3.63, 3.8) is 0 Å². The molecule has 0 spiro atoms. The van der Waals surface area contributed by atoms with Gasteiger partial charge in [0.1, 0.15) is 11.6 Å². The molecular formula is C14H16ClN3O2. The summed E-state index contributed by atoms with van der Waals surface area (Å²) in [6, 6.07) is 5.55. The molecule has 5 nitrogen and oxygen atoms in total. The van der Waals surface area contributed by atoms with Crippen LogP contribution in [0.3, 0.4) is 0 Å². The fourth-order valence-electron chi connectivity index (χ4n) is 2.09. The van der Waals surface area contributed by atoms with Crippen molar-refractivity contribution in [2.24, 2.45) is 0 Å². The number of aromatic nitrogens is 2. The van der Waals surface area contributed by atoms with E-state index in [-0.39, 0.29) is 18.1 Å². The summed E-state index contributed by atoms with van der Waals surface area (Å²) < 4.78 is 6.62. The molecule has 0 aliphatic heterocycles. The van der Waals surface area contributed by atoms with E-state index in [0.717, 1.165) is 11.3 Å². The number of para-hydroxylation sites is 1. The maximum atomic E-state index is 11.8. The molecule has 0 aliphatic rings. The molecule has 0 atom stereocenters. The van der Waals surface area contributed by atoms with Crippen LogP contribution in [0.2, 0.25) is 5.02 Å². The second-order valence-electron chi connectivity index (χ2n) is 4.35. The van der Waals surface area contributed by atoms with Gasteiger partial charge in [0.25, 0.3) is 0 Å². The van der Waals surface area contributed by atoms with Crippen LogP contribution in [0.5, 0.6) is 0 Å². The zero-order valence-electron chi connectivity index (χ0n) is 11.6. The highest BCUT2D eigenvalue weighted by Crippen LogP contribution is 2.29. The van der Waals surface area contributed by atoms with Crippen LogP contribution in [-0.2, 0) is 4.74 Å². The van der Waals surface area contributed by atoms with Gasteiger partial charge in [-0.3, -0.25) is 4.57 Å². The smallest absolute Gasteiger partial charge is 0.360 e. The normalized spacial score (nSPS) is 10.6. The van der Waals surface area contributed by atoms with Crippen LogP contribution in [-0.4, -0.2) is 22.1 Å². The summed E-state index contributed by atoms with van der Waals surface area (Å²) in [6.07, 6.45) is 0. The molecule has 1 aromatic carbocycles. The van der Waals surface area contributed by atoms with Gasteiger partial charge in [0, 0.05) is 0 Å². The van der Waals surface area contributed by atoms with Crippen molar-refractivity contribution >= 4 is 23.4 Å². The van der Waals surface area contributed by atoms with Crippen molar-refractivity contribution in [1.29, 1.82) is 0 Å². The lowest BCUT2D eigenvalue weighted by molar-refractivity contribution is 0.0521. The molecule has 0 saturated heterocycles. The minimum atomic E-state index is -0.531. The van der Waals surface area contributed by atoms with E-state index in [4.69, 9.17) is 22.1 Å². The molecule has 106 valence electrons. The van der Waals surface area contributed by atoms with E-state index in [2.05, 4.69) is 4.98 Å². The van der Waals surface area contributed by atoms with Gasteiger partial charge >= 0.3 is 5.97 Å². The Morgan fingerprint density at radius 2 is 2.15 bits per heavy atom. The standard InChI is InChI=1S/C14H16ClN3O2/c1-4-20-14(19)11-13(16)18(9(3)17-11)12-8(2)6-5-7-10(12)15/h5-7H,4,16H2,1-3H3. The lowest BCUT2D eigenvalue weighted by Gasteiger charge is -2.12. The van der Waals surface area contributed by atoms with E-state index in [9.17, 15) is 4.79 Å². The molecule has 2 N–H and O–H groups in total. The average molecular weight is 294 g/mol. The summed E-state index contributed by atoms with van der Waals surface area (Å²) in [7, 11) is 0. The number of rotatable bonds is 3. The van der Waals surface area contributed by atoms with Gasteiger partial charge in [0.2, 0.25) is 0 Å². The second kappa shape index (κ2) is 5.54. The number of anilines is 1. The van der Waals surface area contributed by atoms with Crippen LogP contribution < -0.4 is 5.73 Å². The fourth-order valence-corrected chi connectivity index (χ4v) is 2.39. The summed E-state index contributed by atoms with van der Waals surface area (Å²) in [5.74, 6) is 0.287. The number of carbonyl (C=O) groups excluding carboxylic acids is 1. The number of esters is 1. The number of hydrogen-bond acceptors (Lipinski definition) is 4. The van der Waals surface area contributed by atoms with Crippen molar-refractivity contribution in [1.82, 2.24) is 9.55 Å². The molecule has 2 aromatic rings. The number of ether oxygens (including phenoxy) is 1. The third-order valence-corrected chi connectivity index (χ3v) is 3.27. The quantitative estimate of drug-likeness (QED) is 0.883. The highest BCUT2D eigenvalue weighted by atomic mass is 35.5. The van der Waals surface area contributed by atoms with Crippen molar-refractivity contribution in [2.45, 2.75) is 20.8 Å². The molecule has 0 bridgehead atoms. The number of aryl methyl sites for hydroxylation is 2. The van der Waals surface area contributed by atoms with Gasteiger partial charge < -0.3 is 10.5 Å². The van der Waals surface area contributed by atoms with Crippen molar-refractivity contribution in [2.75, 3.05) is 12.3 Å². The van der Waals surface area contributed by atoms with Crippen LogP contribution in [0.1, 0.15) is 28.8 Å². The molecule has 1 heterocycles. The van der Waals surface area contributed by atoms with Crippen LogP contribution in [0.15, 0.2) is 18.2 Å². The number of nitrogen functional groups attached to an aromatic ring is 1. The maximum Gasteiger partial charge on any atom is 0.360 e. The largest absolute Gasteiger partial charge is 0.461 e. The van der Waals surface area contributed by atoms with E-state index in [1.165, 1.54) is 0 Å². The number of benzene rings is 1. The molecule has 0 radical (unpaired) electrons. The van der Waals surface area contributed by atoms with E-state index >= 15 is 0 Å². The van der Waals surface area contributed by atoms with Crippen LogP contribution >= 0.6 is 11.6 Å². The number of nitrogens with two attached hydrogens (primary N) is 1. The predicted molar refractivity (Wildman–Crippen MR) is 78.4 cm³/mol. The molecule has 0 unspecified atom stereocenters. The molecule has 2 rings (SSSR count). The van der Waals surface area contributed by atoms with E-state index in [0.29, 0.717) is 10.8 Å². The predicted octanol–water partition coefficient (Wildman–Crippen LogP) is 2.90. The monoisotopic (exact) mass is 293 g/mol. The Labute approximate surface area is 122 Å². The third-order valence-electron chi connectivity index (χ3n) is 2.96. The SMILES string of the molecule is CCOC(=O)c1nc(C)n(-c2c(C)cccc2Cl)c1N. The first kappa shape index (κ1) is 14.4. The lowest BCUT2D eigenvalue weighted by Crippen LogP contribution is -2.10. The summed E-state index contributed by atoms with van der Waals surface area (Å²) in [5, 5.41) is 0.549. The summed E-state index contributed by atoms with van der Waals surface area (Å²) in [6.45, 7) is 5.69. The van der Waals surface area contributed by atoms with E-state index < -0.39 is 5.97 Å². The molecule has 20 heavy (non-hydrogen) atoms. The summed E-state index contributed by atoms with van der Waals surface area (Å²) in [4.78, 5) is 16.0. The number of nitrogens with zero attached hydrogens (tertiary/aromatic N) is 2. The Morgan fingerprint density at radius 3 is 2.75 bits per heavy atom. The third kappa shape index (κ3) is 2.36. The summed E-state index contributed by atoms with van der Waals surface area (Å²) in [5.41, 5.74) is 7.83. The highest BCUT2D eigenvalue weighted by molar-refractivity contribution is 6.32. The van der Waals surface area contributed by atoms with Gasteiger partial charge in [-0.1, -0.05) is 23.7 Å². The van der Waals surface area contributed by atoms with Crippen LogP contribution in [0.4, 0.5) is 5.82 Å². The molecule has 0 aliphatic carbocycles. The molecule has 0 saturated carbocycles. The maximum absolute atomic E-state index is 11.8. The van der Waals surface area contributed by atoms with Gasteiger partial charge in [-0.05, 0) is 32.4 Å². The molecule has 0 fully saturated rings.